The summed E-state index contributed by atoms with van der Waals surface area (Å²) in [6.07, 6.45) is 1.94. The van der Waals surface area contributed by atoms with Gasteiger partial charge in [0.1, 0.15) is 0 Å². The van der Waals surface area contributed by atoms with Crippen molar-refractivity contribution in [3.8, 4) is 0 Å². The number of aliphatic carboxylic acids is 1. The van der Waals surface area contributed by atoms with Crippen LogP contribution in [-0.4, -0.2) is 84.8 Å². The topological polar surface area (TPSA) is 96.4 Å². The molecule has 1 aliphatic rings. The Morgan fingerprint density at radius 2 is 1.72 bits per heavy atom. The molecule has 1 heterocycles. The van der Waals surface area contributed by atoms with Crippen molar-refractivity contribution >= 4 is 17.8 Å². The maximum absolute atomic E-state index is 13.4. The Balaban J connectivity index is 3.06. The van der Waals surface area contributed by atoms with Gasteiger partial charge in [0.05, 0.1) is 36.6 Å². The summed E-state index contributed by atoms with van der Waals surface area (Å²) in [5, 5.41) is 9.45. The Bertz CT molecular complexity index is 626. The Morgan fingerprint density at radius 3 is 2.19 bits per heavy atom. The lowest BCUT2D eigenvalue weighted by molar-refractivity contribution is -0.151. The van der Waals surface area contributed by atoms with Gasteiger partial charge in [-0.1, -0.05) is 34.1 Å². The molecule has 0 aliphatic carbocycles. The average Bonchev–Trinajstić information content (AvgIpc) is 3.22. The zero-order chi connectivity index (χ0) is 24.6. The Hall–Kier alpha value is -1.67. The number of likely N-dealkylation sites (tertiary alicyclic amines) is 1. The fourth-order valence-corrected chi connectivity index (χ4v) is 4.81. The minimum absolute atomic E-state index is 0.0496. The first-order valence-electron chi connectivity index (χ1n) is 11.8. The molecule has 6 atom stereocenters. The molecule has 0 radical (unpaired) electrons. The first-order chi connectivity index (χ1) is 15.0. The van der Waals surface area contributed by atoms with Gasteiger partial charge in [-0.15, -0.1) is 0 Å². The van der Waals surface area contributed by atoms with Crippen molar-refractivity contribution in [3.63, 3.8) is 0 Å². The van der Waals surface area contributed by atoms with Gasteiger partial charge < -0.3 is 24.4 Å². The number of hydrogen-bond acceptors (Lipinski definition) is 5. The second-order valence-electron chi connectivity index (χ2n) is 9.58. The maximum Gasteiger partial charge on any atom is 0.308 e. The highest BCUT2D eigenvalue weighted by molar-refractivity contribution is 5.79. The van der Waals surface area contributed by atoms with Crippen molar-refractivity contribution < 1.29 is 29.0 Å². The van der Waals surface area contributed by atoms with Crippen LogP contribution in [-0.2, 0) is 23.9 Å². The number of carboxylic acids is 1. The number of carbonyl (C=O) groups excluding carboxylic acids is 2. The Labute approximate surface area is 193 Å². The number of methoxy groups -OCH3 is 2. The highest BCUT2D eigenvalue weighted by Gasteiger charge is 2.41. The van der Waals surface area contributed by atoms with E-state index in [0.717, 1.165) is 12.8 Å². The van der Waals surface area contributed by atoms with E-state index in [2.05, 4.69) is 13.8 Å². The van der Waals surface area contributed by atoms with E-state index in [4.69, 9.17) is 9.47 Å². The van der Waals surface area contributed by atoms with Crippen LogP contribution in [0.15, 0.2) is 0 Å². The molecule has 0 spiro atoms. The summed E-state index contributed by atoms with van der Waals surface area (Å²) >= 11 is 0. The molecule has 0 aromatic rings. The van der Waals surface area contributed by atoms with Crippen LogP contribution in [0.4, 0.5) is 0 Å². The molecule has 0 saturated carbocycles. The normalized spacial score (nSPS) is 21.2. The first-order valence-corrected chi connectivity index (χ1v) is 11.8. The number of nitrogens with zero attached hydrogens (tertiary/aromatic N) is 2. The summed E-state index contributed by atoms with van der Waals surface area (Å²) in [5.74, 6) is -1.29. The van der Waals surface area contributed by atoms with E-state index in [-0.39, 0.29) is 42.2 Å². The third-order valence-corrected chi connectivity index (χ3v) is 6.86. The molecule has 0 aromatic carbocycles. The number of hydrogen-bond donors (Lipinski definition) is 1. The predicted molar refractivity (Wildman–Crippen MR) is 123 cm³/mol. The molecule has 2 amide bonds. The molecule has 1 N–H and O–H groups in total. The molecular formula is C24H44N2O6. The van der Waals surface area contributed by atoms with E-state index >= 15 is 0 Å². The monoisotopic (exact) mass is 456 g/mol. The molecule has 8 nitrogen and oxygen atoms in total. The lowest BCUT2D eigenvalue weighted by Gasteiger charge is -2.39. The lowest BCUT2D eigenvalue weighted by Crippen LogP contribution is -2.52. The largest absolute Gasteiger partial charge is 0.481 e. The lowest BCUT2D eigenvalue weighted by atomic mass is 9.90. The van der Waals surface area contributed by atoms with E-state index in [1.54, 1.807) is 30.9 Å². The van der Waals surface area contributed by atoms with Gasteiger partial charge in [-0.2, -0.15) is 0 Å². The summed E-state index contributed by atoms with van der Waals surface area (Å²) in [5.41, 5.74) is 0. The molecule has 0 aromatic heterocycles. The molecule has 1 rings (SSSR count). The minimum atomic E-state index is -0.937. The van der Waals surface area contributed by atoms with Crippen molar-refractivity contribution in [1.29, 1.82) is 0 Å². The van der Waals surface area contributed by atoms with Gasteiger partial charge in [-0.25, -0.2) is 0 Å². The summed E-state index contributed by atoms with van der Waals surface area (Å²) in [7, 11) is 4.88. The minimum Gasteiger partial charge on any atom is -0.481 e. The van der Waals surface area contributed by atoms with Gasteiger partial charge in [-0.3, -0.25) is 14.4 Å². The molecule has 1 saturated heterocycles. The second-order valence-corrected chi connectivity index (χ2v) is 9.58. The highest BCUT2D eigenvalue weighted by atomic mass is 16.5. The molecule has 186 valence electrons. The van der Waals surface area contributed by atoms with Crippen LogP contribution in [0.3, 0.4) is 0 Å². The highest BCUT2D eigenvalue weighted by Crippen LogP contribution is 2.29. The number of carbonyl (C=O) groups is 3. The molecule has 32 heavy (non-hydrogen) atoms. The van der Waals surface area contributed by atoms with Crippen LogP contribution in [0, 0.1) is 17.8 Å². The van der Waals surface area contributed by atoms with Crippen LogP contribution in [0.25, 0.3) is 0 Å². The van der Waals surface area contributed by atoms with Crippen molar-refractivity contribution in [3.05, 3.63) is 0 Å². The van der Waals surface area contributed by atoms with E-state index in [1.807, 2.05) is 13.8 Å². The first kappa shape index (κ1) is 28.4. The number of carboxylic acid groups (broad SMARTS) is 1. The average molecular weight is 457 g/mol. The summed E-state index contributed by atoms with van der Waals surface area (Å²) in [6, 6.07) is -0.504. The Kier molecular flexibility index (Phi) is 11.6. The molecule has 8 heteroatoms. The van der Waals surface area contributed by atoms with Gasteiger partial charge >= 0.3 is 5.97 Å². The van der Waals surface area contributed by atoms with Crippen LogP contribution < -0.4 is 0 Å². The zero-order valence-electron chi connectivity index (χ0n) is 21.2. The van der Waals surface area contributed by atoms with E-state index < -0.39 is 24.1 Å². The fourth-order valence-electron chi connectivity index (χ4n) is 4.81. The maximum atomic E-state index is 13.4. The van der Waals surface area contributed by atoms with Crippen molar-refractivity contribution in [2.24, 2.45) is 17.8 Å². The van der Waals surface area contributed by atoms with Gasteiger partial charge in [0, 0.05) is 34.2 Å². The molecule has 6 unspecified atom stereocenters. The van der Waals surface area contributed by atoms with Crippen LogP contribution in [0.5, 0.6) is 0 Å². The molecule has 1 fully saturated rings. The quantitative estimate of drug-likeness (QED) is 0.458. The van der Waals surface area contributed by atoms with E-state index in [1.165, 1.54) is 7.11 Å². The molecule has 1 aliphatic heterocycles. The summed E-state index contributed by atoms with van der Waals surface area (Å²) < 4.78 is 11.3. The molecular weight excluding hydrogens is 412 g/mol. The van der Waals surface area contributed by atoms with Gasteiger partial charge in [-0.05, 0) is 31.6 Å². The second kappa shape index (κ2) is 13.1. The van der Waals surface area contributed by atoms with Gasteiger partial charge in [0.15, 0.2) is 0 Å². The predicted octanol–water partition coefficient (Wildman–Crippen LogP) is 3.04. The number of ether oxygens (including phenoxy) is 2. The third-order valence-electron chi connectivity index (χ3n) is 6.86. The van der Waals surface area contributed by atoms with Crippen molar-refractivity contribution in [2.75, 3.05) is 27.8 Å². The van der Waals surface area contributed by atoms with Crippen LogP contribution in [0.2, 0.25) is 0 Å². The number of amides is 2. The number of likely N-dealkylation sites (N-methyl/N-ethyl adjacent to an activating group) is 1. The summed E-state index contributed by atoms with van der Waals surface area (Å²) in [4.78, 5) is 41.2. The smallest absolute Gasteiger partial charge is 0.308 e. The van der Waals surface area contributed by atoms with Crippen molar-refractivity contribution in [2.45, 2.75) is 91.0 Å². The van der Waals surface area contributed by atoms with E-state index in [9.17, 15) is 19.5 Å². The fraction of sp³-hybridized carbons (Fsp3) is 0.875. The van der Waals surface area contributed by atoms with Gasteiger partial charge in [0.2, 0.25) is 11.8 Å². The SMILES string of the molecule is CCC(C)C(C(CC(=O)N1CCCC1C(OC)C(C)C(=O)O)OC)N(C)C(=O)CC(C)C. The van der Waals surface area contributed by atoms with Crippen LogP contribution >= 0.6 is 0 Å². The zero-order valence-corrected chi connectivity index (χ0v) is 21.2. The van der Waals surface area contributed by atoms with Crippen LogP contribution in [0.1, 0.15) is 66.7 Å². The summed E-state index contributed by atoms with van der Waals surface area (Å²) in [6.45, 7) is 10.4. The standard InChI is InChI=1S/C24H44N2O6/c1-9-16(4)22(25(6)20(27)13-15(2)3)19(31-7)14-21(28)26-12-10-11-18(26)23(32-8)17(5)24(29)30/h15-19,22-23H,9-14H2,1-8H3,(H,29,30). The van der Waals surface area contributed by atoms with Crippen molar-refractivity contribution in [1.82, 2.24) is 9.80 Å². The van der Waals surface area contributed by atoms with E-state index in [0.29, 0.717) is 19.4 Å². The number of rotatable bonds is 13. The third kappa shape index (κ3) is 7.17. The Morgan fingerprint density at radius 1 is 1.09 bits per heavy atom. The molecule has 0 bridgehead atoms. The van der Waals surface area contributed by atoms with Gasteiger partial charge in [0.25, 0.3) is 0 Å².